The summed E-state index contributed by atoms with van der Waals surface area (Å²) in [6.45, 7) is 5.79. The van der Waals surface area contributed by atoms with Gasteiger partial charge in [0.25, 0.3) is 0 Å². The van der Waals surface area contributed by atoms with Crippen LogP contribution in [0.5, 0.6) is 0 Å². The molecule has 2 aromatic heterocycles. The molecule has 0 spiro atoms. The molecule has 0 saturated carbocycles. The highest BCUT2D eigenvalue weighted by Crippen LogP contribution is 2.21. The Hall–Kier alpha value is -1.69. The number of anilines is 2. The fourth-order valence-electron chi connectivity index (χ4n) is 2.39. The van der Waals surface area contributed by atoms with Gasteiger partial charge in [-0.1, -0.05) is 0 Å². The van der Waals surface area contributed by atoms with E-state index >= 15 is 0 Å². The number of nitrogens with zero attached hydrogens (tertiary/aromatic N) is 5. The highest BCUT2D eigenvalue weighted by molar-refractivity contribution is 9.10. The highest BCUT2D eigenvalue weighted by atomic mass is 79.9. The van der Waals surface area contributed by atoms with Crippen LogP contribution in [0.3, 0.4) is 0 Å². The maximum absolute atomic E-state index is 4.49. The van der Waals surface area contributed by atoms with Gasteiger partial charge in [0.05, 0.1) is 11.9 Å². The molecule has 0 amide bonds. The minimum absolute atomic E-state index is 0.820. The van der Waals surface area contributed by atoms with Crippen molar-refractivity contribution in [3.05, 3.63) is 41.0 Å². The van der Waals surface area contributed by atoms with Crippen LogP contribution in [0.4, 0.5) is 11.5 Å². The summed E-state index contributed by atoms with van der Waals surface area (Å²) in [4.78, 5) is 17.5. The Morgan fingerprint density at radius 1 is 1.10 bits per heavy atom. The second-order valence-corrected chi connectivity index (χ2v) is 5.71. The molecule has 104 valence electrons. The van der Waals surface area contributed by atoms with Gasteiger partial charge in [0, 0.05) is 43.0 Å². The minimum atomic E-state index is 0.820. The van der Waals surface area contributed by atoms with E-state index in [1.54, 1.807) is 0 Å². The predicted molar refractivity (Wildman–Crippen MR) is 83.1 cm³/mol. The monoisotopic (exact) mass is 333 g/mol. The lowest BCUT2D eigenvalue weighted by atomic mass is 10.2. The fraction of sp³-hybridized carbons (Fsp3) is 0.357. The third-order valence-corrected chi connectivity index (χ3v) is 3.85. The standard InChI is InChI=1S/C14H16BrN5/c1-11-17-3-2-14(18-11)20-6-4-19(5-7-20)13-8-12(15)9-16-10-13/h2-3,8-10H,4-7H2,1H3. The SMILES string of the molecule is Cc1nccc(N2CCN(c3cncc(Br)c3)CC2)n1. The van der Waals surface area contributed by atoms with Gasteiger partial charge < -0.3 is 9.80 Å². The van der Waals surface area contributed by atoms with Crippen LogP contribution < -0.4 is 9.80 Å². The van der Waals surface area contributed by atoms with E-state index in [0.717, 1.165) is 48.0 Å². The molecule has 1 aliphatic rings. The smallest absolute Gasteiger partial charge is 0.132 e. The van der Waals surface area contributed by atoms with E-state index in [-0.39, 0.29) is 0 Å². The van der Waals surface area contributed by atoms with Gasteiger partial charge in [0.2, 0.25) is 0 Å². The molecule has 1 saturated heterocycles. The molecule has 0 bridgehead atoms. The van der Waals surface area contributed by atoms with Gasteiger partial charge in [-0.15, -0.1) is 0 Å². The molecule has 1 aliphatic heterocycles. The summed E-state index contributed by atoms with van der Waals surface area (Å²) in [5, 5.41) is 0. The number of pyridine rings is 1. The van der Waals surface area contributed by atoms with Crippen LogP contribution in [-0.2, 0) is 0 Å². The van der Waals surface area contributed by atoms with Crippen LogP contribution in [-0.4, -0.2) is 41.1 Å². The molecule has 2 aromatic rings. The molecule has 6 heteroatoms. The van der Waals surface area contributed by atoms with Crippen molar-refractivity contribution in [3.63, 3.8) is 0 Å². The van der Waals surface area contributed by atoms with E-state index in [2.05, 4.69) is 46.7 Å². The number of rotatable bonds is 2. The lowest BCUT2D eigenvalue weighted by Gasteiger charge is -2.36. The summed E-state index contributed by atoms with van der Waals surface area (Å²) in [6.07, 6.45) is 5.54. The molecule has 0 aromatic carbocycles. The van der Waals surface area contributed by atoms with E-state index in [4.69, 9.17) is 0 Å². The summed E-state index contributed by atoms with van der Waals surface area (Å²) in [7, 11) is 0. The zero-order valence-corrected chi connectivity index (χ0v) is 12.9. The Kier molecular flexibility index (Phi) is 3.82. The molecular weight excluding hydrogens is 318 g/mol. The maximum Gasteiger partial charge on any atom is 0.132 e. The van der Waals surface area contributed by atoms with Crippen molar-refractivity contribution < 1.29 is 0 Å². The number of hydrogen-bond acceptors (Lipinski definition) is 5. The molecule has 5 nitrogen and oxygen atoms in total. The molecule has 0 unspecified atom stereocenters. The first-order chi connectivity index (χ1) is 9.72. The fourth-order valence-corrected chi connectivity index (χ4v) is 2.74. The normalized spacial score (nSPS) is 15.5. The average Bonchev–Trinajstić information content (AvgIpc) is 2.47. The highest BCUT2D eigenvalue weighted by Gasteiger charge is 2.18. The van der Waals surface area contributed by atoms with Crippen molar-refractivity contribution in [2.24, 2.45) is 0 Å². The molecule has 20 heavy (non-hydrogen) atoms. The molecule has 0 radical (unpaired) electrons. The Morgan fingerprint density at radius 2 is 1.85 bits per heavy atom. The zero-order chi connectivity index (χ0) is 13.9. The van der Waals surface area contributed by atoms with Crippen LogP contribution in [0.15, 0.2) is 35.2 Å². The first-order valence-corrected chi connectivity index (χ1v) is 7.42. The molecular formula is C14H16BrN5. The lowest BCUT2D eigenvalue weighted by molar-refractivity contribution is 0.645. The van der Waals surface area contributed by atoms with E-state index in [0.29, 0.717) is 0 Å². The van der Waals surface area contributed by atoms with Crippen LogP contribution >= 0.6 is 15.9 Å². The third kappa shape index (κ3) is 2.90. The molecule has 3 heterocycles. The van der Waals surface area contributed by atoms with Crippen LogP contribution in [0, 0.1) is 6.92 Å². The number of aryl methyl sites for hydroxylation is 1. The molecule has 3 rings (SSSR count). The lowest BCUT2D eigenvalue weighted by Crippen LogP contribution is -2.46. The molecule has 0 atom stereocenters. The first-order valence-electron chi connectivity index (χ1n) is 6.62. The van der Waals surface area contributed by atoms with E-state index < -0.39 is 0 Å². The van der Waals surface area contributed by atoms with Crippen molar-refractivity contribution in [2.45, 2.75) is 6.92 Å². The maximum atomic E-state index is 4.49. The van der Waals surface area contributed by atoms with Gasteiger partial charge in [-0.3, -0.25) is 4.98 Å². The number of piperazine rings is 1. The van der Waals surface area contributed by atoms with Gasteiger partial charge >= 0.3 is 0 Å². The average molecular weight is 334 g/mol. The Bertz CT molecular complexity index is 542. The first kappa shape index (κ1) is 13.3. The Balaban J connectivity index is 1.68. The number of aromatic nitrogens is 3. The van der Waals surface area contributed by atoms with Crippen molar-refractivity contribution >= 4 is 27.4 Å². The summed E-state index contributed by atoms with van der Waals surface area (Å²) >= 11 is 3.47. The number of halogens is 1. The third-order valence-electron chi connectivity index (χ3n) is 3.42. The Morgan fingerprint density at radius 3 is 2.55 bits per heavy atom. The van der Waals surface area contributed by atoms with E-state index in [1.165, 1.54) is 0 Å². The minimum Gasteiger partial charge on any atom is -0.367 e. The summed E-state index contributed by atoms with van der Waals surface area (Å²) < 4.78 is 1.02. The molecule has 0 N–H and O–H groups in total. The summed E-state index contributed by atoms with van der Waals surface area (Å²) in [5.74, 6) is 1.84. The topological polar surface area (TPSA) is 45.2 Å². The van der Waals surface area contributed by atoms with Gasteiger partial charge in [-0.05, 0) is 35.0 Å². The van der Waals surface area contributed by atoms with Crippen molar-refractivity contribution in [1.82, 2.24) is 15.0 Å². The second-order valence-electron chi connectivity index (χ2n) is 4.80. The predicted octanol–water partition coefficient (Wildman–Crippen LogP) is 2.27. The van der Waals surface area contributed by atoms with Crippen molar-refractivity contribution in [1.29, 1.82) is 0 Å². The van der Waals surface area contributed by atoms with Gasteiger partial charge in [-0.2, -0.15) is 0 Å². The molecule has 1 fully saturated rings. The van der Waals surface area contributed by atoms with Gasteiger partial charge in [0.1, 0.15) is 11.6 Å². The van der Waals surface area contributed by atoms with Gasteiger partial charge in [-0.25, -0.2) is 9.97 Å². The second kappa shape index (κ2) is 5.75. The van der Waals surface area contributed by atoms with Crippen LogP contribution in [0.2, 0.25) is 0 Å². The van der Waals surface area contributed by atoms with Gasteiger partial charge in [0.15, 0.2) is 0 Å². The van der Waals surface area contributed by atoms with E-state index in [9.17, 15) is 0 Å². The zero-order valence-electron chi connectivity index (χ0n) is 11.3. The largest absolute Gasteiger partial charge is 0.367 e. The Labute approximate surface area is 126 Å². The van der Waals surface area contributed by atoms with E-state index in [1.807, 2.05) is 31.6 Å². The molecule has 0 aliphatic carbocycles. The van der Waals surface area contributed by atoms with Crippen LogP contribution in [0.25, 0.3) is 0 Å². The van der Waals surface area contributed by atoms with Crippen molar-refractivity contribution in [3.8, 4) is 0 Å². The van der Waals surface area contributed by atoms with Crippen LogP contribution in [0.1, 0.15) is 5.82 Å². The number of hydrogen-bond donors (Lipinski definition) is 0. The quantitative estimate of drug-likeness (QED) is 0.843. The summed E-state index contributed by atoms with van der Waals surface area (Å²) in [6, 6.07) is 4.08. The van der Waals surface area contributed by atoms with Crippen molar-refractivity contribution in [2.75, 3.05) is 36.0 Å². The summed E-state index contributed by atoms with van der Waals surface area (Å²) in [5.41, 5.74) is 1.16.